The molecule has 0 atom stereocenters. The average Bonchev–Trinajstić information content (AvgIpc) is 2.37. The van der Waals surface area contributed by atoms with Crippen LogP contribution in [-0.2, 0) is 5.11 Å². The average molecular weight is 224 g/mol. The van der Waals surface area contributed by atoms with Crippen LogP contribution in [-0.4, -0.2) is 6.61 Å². The summed E-state index contributed by atoms with van der Waals surface area (Å²) in [5.41, 5.74) is 9.70. The molecule has 0 unspecified atom stereocenters. The van der Waals surface area contributed by atoms with E-state index >= 15 is 0 Å². The fourth-order valence-electron chi connectivity index (χ4n) is 1.68. The monoisotopic (exact) mass is 224 g/mol. The molecule has 2 aromatic rings. The molecular formula is C15H14NO. The van der Waals surface area contributed by atoms with Crippen LogP contribution < -0.4 is 5.73 Å². The van der Waals surface area contributed by atoms with Crippen molar-refractivity contribution in [3.63, 3.8) is 0 Å². The summed E-state index contributed by atoms with van der Waals surface area (Å²) in [6.07, 6.45) is 3.45. The molecule has 0 bridgehead atoms. The fraction of sp³-hybridized carbons (Fsp3) is 0.0667. The van der Waals surface area contributed by atoms with E-state index in [2.05, 4.69) is 6.07 Å². The van der Waals surface area contributed by atoms with Crippen LogP contribution in [0.3, 0.4) is 0 Å². The number of hydrogen-bond donors (Lipinski definition) is 1. The molecule has 0 aliphatic heterocycles. The van der Waals surface area contributed by atoms with Gasteiger partial charge in [-0.2, -0.15) is 0 Å². The Morgan fingerprint density at radius 2 is 1.76 bits per heavy atom. The lowest BCUT2D eigenvalue weighted by Crippen LogP contribution is -1.84. The van der Waals surface area contributed by atoms with E-state index < -0.39 is 0 Å². The Morgan fingerprint density at radius 3 is 2.47 bits per heavy atom. The number of nitrogens with two attached hydrogens (primary N) is 1. The molecule has 2 heteroatoms. The molecule has 1 radical (unpaired) electrons. The molecular weight excluding hydrogens is 210 g/mol. The topological polar surface area (TPSA) is 45.9 Å². The minimum atomic E-state index is -0.188. The summed E-state index contributed by atoms with van der Waals surface area (Å²) >= 11 is 0. The van der Waals surface area contributed by atoms with Gasteiger partial charge < -0.3 is 5.73 Å². The van der Waals surface area contributed by atoms with Gasteiger partial charge in [-0.05, 0) is 34.9 Å². The van der Waals surface area contributed by atoms with Gasteiger partial charge in [0.25, 0.3) is 0 Å². The first-order valence-corrected chi connectivity index (χ1v) is 5.50. The maximum absolute atomic E-state index is 10.4. The van der Waals surface area contributed by atoms with E-state index in [0.717, 1.165) is 22.4 Å². The predicted molar refractivity (Wildman–Crippen MR) is 70.9 cm³/mol. The van der Waals surface area contributed by atoms with Gasteiger partial charge in [-0.25, -0.2) is 5.11 Å². The van der Waals surface area contributed by atoms with Gasteiger partial charge in [-0.15, -0.1) is 0 Å². The molecule has 0 amide bonds. The Labute approximate surface area is 101 Å². The van der Waals surface area contributed by atoms with E-state index in [1.54, 1.807) is 6.08 Å². The third kappa shape index (κ3) is 2.95. The lowest BCUT2D eigenvalue weighted by Gasteiger charge is -2.03. The molecule has 0 spiro atoms. The second kappa shape index (κ2) is 5.32. The van der Waals surface area contributed by atoms with Crippen LogP contribution in [0.4, 0.5) is 5.69 Å². The zero-order valence-corrected chi connectivity index (χ0v) is 9.47. The maximum Gasteiger partial charge on any atom is 0.101 e. The molecule has 0 saturated carbocycles. The third-order valence-electron chi connectivity index (χ3n) is 2.54. The van der Waals surface area contributed by atoms with Gasteiger partial charge >= 0.3 is 0 Å². The molecule has 2 N–H and O–H groups in total. The van der Waals surface area contributed by atoms with Crippen molar-refractivity contribution in [2.45, 2.75) is 0 Å². The summed E-state index contributed by atoms with van der Waals surface area (Å²) in [7, 11) is 0. The molecule has 0 aliphatic rings. The van der Waals surface area contributed by atoms with E-state index in [1.165, 1.54) is 0 Å². The van der Waals surface area contributed by atoms with Gasteiger partial charge in [0, 0.05) is 5.69 Å². The summed E-state index contributed by atoms with van der Waals surface area (Å²) in [6.45, 7) is -0.188. The van der Waals surface area contributed by atoms with Crippen molar-refractivity contribution in [2.75, 3.05) is 12.3 Å². The van der Waals surface area contributed by atoms with E-state index in [4.69, 9.17) is 5.73 Å². The summed E-state index contributed by atoms with van der Waals surface area (Å²) in [6, 6.07) is 15.8. The first kappa shape index (κ1) is 11.4. The highest BCUT2D eigenvalue weighted by molar-refractivity contribution is 5.68. The number of benzene rings is 2. The van der Waals surface area contributed by atoms with E-state index in [1.807, 2.05) is 48.5 Å². The van der Waals surface area contributed by atoms with Crippen molar-refractivity contribution in [1.82, 2.24) is 0 Å². The van der Waals surface area contributed by atoms with E-state index in [9.17, 15) is 5.11 Å². The highest BCUT2D eigenvalue weighted by Gasteiger charge is 1.97. The Morgan fingerprint density at radius 1 is 1.00 bits per heavy atom. The van der Waals surface area contributed by atoms with Crippen LogP contribution >= 0.6 is 0 Å². The van der Waals surface area contributed by atoms with Crippen molar-refractivity contribution in [2.24, 2.45) is 0 Å². The lowest BCUT2D eigenvalue weighted by atomic mass is 10.0. The minimum absolute atomic E-state index is 0.188. The zero-order valence-electron chi connectivity index (χ0n) is 9.47. The van der Waals surface area contributed by atoms with Crippen LogP contribution in [0.15, 0.2) is 54.6 Å². The summed E-state index contributed by atoms with van der Waals surface area (Å²) < 4.78 is 0. The Bertz CT molecular complexity index is 515. The molecule has 0 aromatic heterocycles. The summed E-state index contributed by atoms with van der Waals surface area (Å²) in [4.78, 5) is 0. The van der Waals surface area contributed by atoms with Gasteiger partial charge in [-0.1, -0.05) is 42.5 Å². The SMILES string of the molecule is Nc1ccc(-c2cccc(C=CC[O])c2)cc1. The normalized spacial score (nSPS) is 10.9. The maximum atomic E-state index is 10.4. The van der Waals surface area contributed by atoms with Gasteiger partial charge in [0.15, 0.2) is 0 Å². The summed E-state index contributed by atoms with van der Waals surface area (Å²) in [5.74, 6) is 0. The molecule has 17 heavy (non-hydrogen) atoms. The molecule has 2 nitrogen and oxygen atoms in total. The number of nitrogen functional groups attached to an aromatic ring is 1. The van der Waals surface area contributed by atoms with Gasteiger partial charge in [0.2, 0.25) is 0 Å². The van der Waals surface area contributed by atoms with Crippen molar-refractivity contribution >= 4 is 11.8 Å². The highest BCUT2D eigenvalue weighted by atomic mass is 16.2. The molecule has 0 saturated heterocycles. The van der Waals surface area contributed by atoms with Crippen LogP contribution in [0.2, 0.25) is 0 Å². The van der Waals surface area contributed by atoms with E-state index in [-0.39, 0.29) is 6.61 Å². The smallest absolute Gasteiger partial charge is 0.101 e. The second-order valence-electron chi connectivity index (χ2n) is 3.82. The van der Waals surface area contributed by atoms with Crippen LogP contribution in [0.25, 0.3) is 17.2 Å². The Balaban J connectivity index is 2.32. The van der Waals surface area contributed by atoms with E-state index in [0.29, 0.717) is 0 Å². The highest BCUT2D eigenvalue weighted by Crippen LogP contribution is 2.21. The molecule has 0 aliphatic carbocycles. The first-order chi connectivity index (χ1) is 8.29. The minimum Gasteiger partial charge on any atom is -0.399 e. The number of rotatable bonds is 3. The quantitative estimate of drug-likeness (QED) is 0.798. The fourth-order valence-corrected chi connectivity index (χ4v) is 1.68. The van der Waals surface area contributed by atoms with Crippen molar-refractivity contribution in [1.29, 1.82) is 0 Å². The van der Waals surface area contributed by atoms with Crippen LogP contribution in [0.5, 0.6) is 0 Å². The molecule has 85 valence electrons. The standard InChI is InChI=1S/C15H14NO/c16-15-8-6-13(7-9-15)14-5-1-3-12(11-14)4-2-10-17/h1-9,11H,10,16H2. The summed E-state index contributed by atoms with van der Waals surface area (Å²) in [5, 5.41) is 10.4. The van der Waals surface area contributed by atoms with Crippen LogP contribution in [0.1, 0.15) is 5.56 Å². The molecule has 2 rings (SSSR count). The number of hydrogen-bond acceptors (Lipinski definition) is 1. The largest absolute Gasteiger partial charge is 0.399 e. The third-order valence-corrected chi connectivity index (χ3v) is 2.54. The Hall–Kier alpha value is -2.06. The van der Waals surface area contributed by atoms with Gasteiger partial charge in [-0.3, -0.25) is 0 Å². The molecule has 0 heterocycles. The molecule has 2 aromatic carbocycles. The lowest BCUT2D eigenvalue weighted by molar-refractivity contribution is 0.233. The van der Waals surface area contributed by atoms with Crippen molar-refractivity contribution < 1.29 is 5.11 Å². The van der Waals surface area contributed by atoms with Gasteiger partial charge in [0.1, 0.15) is 6.61 Å². The Kier molecular flexibility index (Phi) is 3.58. The van der Waals surface area contributed by atoms with Crippen molar-refractivity contribution in [3.8, 4) is 11.1 Å². The second-order valence-corrected chi connectivity index (χ2v) is 3.82. The van der Waals surface area contributed by atoms with Crippen molar-refractivity contribution in [3.05, 3.63) is 60.2 Å². The van der Waals surface area contributed by atoms with Crippen LogP contribution in [0, 0.1) is 0 Å². The predicted octanol–water partition coefficient (Wildman–Crippen LogP) is 3.38. The number of anilines is 1. The van der Waals surface area contributed by atoms with Gasteiger partial charge in [0.05, 0.1) is 0 Å². The molecule has 0 fully saturated rings. The zero-order chi connectivity index (χ0) is 12.1. The first-order valence-electron chi connectivity index (χ1n) is 5.50.